The summed E-state index contributed by atoms with van der Waals surface area (Å²) in [4.78, 5) is 23.1. The van der Waals surface area contributed by atoms with Crippen molar-refractivity contribution in [2.45, 2.75) is 52.2 Å². The summed E-state index contributed by atoms with van der Waals surface area (Å²) in [5.41, 5.74) is -2.96. The van der Waals surface area contributed by atoms with Crippen molar-refractivity contribution in [1.29, 1.82) is 0 Å². The standard InChI is InChI=1S/C11H20O5/c1-6-11(14,8(12)15-7-2)9(13)16-10(3,4)5/h14H,6-7H2,1-5H3/t11-/m0/s1. The average molecular weight is 232 g/mol. The Morgan fingerprint density at radius 2 is 1.62 bits per heavy atom. The summed E-state index contributed by atoms with van der Waals surface area (Å²) in [6, 6.07) is 0. The summed E-state index contributed by atoms with van der Waals surface area (Å²) in [5.74, 6) is -1.94. The van der Waals surface area contributed by atoms with Crippen LogP contribution in [0.5, 0.6) is 0 Å². The zero-order chi connectivity index (χ0) is 13.0. The Balaban J connectivity index is 4.82. The highest BCUT2D eigenvalue weighted by Crippen LogP contribution is 2.19. The number of rotatable bonds is 4. The maximum Gasteiger partial charge on any atom is 0.350 e. The van der Waals surface area contributed by atoms with Gasteiger partial charge in [-0.3, -0.25) is 0 Å². The Labute approximate surface area is 95.7 Å². The van der Waals surface area contributed by atoms with Crippen molar-refractivity contribution in [2.24, 2.45) is 0 Å². The predicted octanol–water partition coefficient (Wildman–Crippen LogP) is 1.03. The minimum absolute atomic E-state index is 0.0826. The van der Waals surface area contributed by atoms with E-state index in [0.717, 1.165) is 0 Å². The Kier molecular flexibility index (Phi) is 4.93. The lowest BCUT2D eigenvalue weighted by Crippen LogP contribution is -2.50. The van der Waals surface area contributed by atoms with Crippen molar-refractivity contribution in [3.05, 3.63) is 0 Å². The number of aliphatic hydroxyl groups is 1. The van der Waals surface area contributed by atoms with Gasteiger partial charge in [0, 0.05) is 0 Å². The smallest absolute Gasteiger partial charge is 0.350 e. The number of ether oxygens (including phenoxy) is 2. The molecule has 0 aromatic heterocycles. The van der Waals surface area contributed by atoms with Crippen LogP contribution in [0.15, 0.2) is 0 Å². The van der Waals surface area contributed by atoms with E-state index in [1.54, 1.807) is 27.7 Å². The number of hydrogen-bond donors (Lipinski definition) is 1. The van der Waals surface area contributed by atoms with Crippen LogP contribution in [0.25, 0.3) is 0 Å². The minimum atomic E-state index is -2.21. The highest BCUT2D eigenvalue weighted by atomic mass is 16.6. The molecule has 0 aliphatic heterocycles. The Bertz CT molecular complexity index is 266. The van der Waals surface area contributed by atoms with Crippen LogP contribution in [-0.2, 0) is 19.1 Å². The molecule has 0 heterocycles. The number of carbonyl (C=O) groups is 2. The van der Waals surface area contributed by atoms with Crippen LogP contribution in [0.4, 0.5) is 0 Å². The maximum atomic E-state index is 11.7. The lowest BCUT2D eigenvalue weighted by molar-refractivity contribution is -0.190. The van der Waals surface area contributed by atoms with Crippen LogP contribution in [0, 0.1) is 0 Å². The molecule has 0 aromatic carbocycles. The summed E-state index contributed by atoms with van der Waals surface area (Å²) in [6.07, 6.45) is -0.0826. The van der Waals surface area contributed by atoms with Gasteiger partial charge in [0.1, 0.15) is 5.60 Å². The molecule has 0 aliphatic rings. The molecule has 0 amide bonds. The van der Waals surface area contributed by atoms with Gasteiger partial charge < -0.3 is 14.6 Å². The molecule has 5 nitrogen and oxygen atoms in total. The highest BCUT2D eigenvalue weighted by Gasteiger charge is 2.46. The lowest BCUT2D eigenvalue weighted by Gasteiger charge is -2.27. The summed E-state index contributed by atoms with van der Waals surface area (Å²) in [5, 5.41) is 9.90. The minimum Gasteiger partial charge on any atom is -0.463 e. The number of esters is 2. The van der Waals surface area contributed by atoms with E-state index in [1.165, 1.54) is 6.92 Å². The first-order valence-corrected chi connectivity index (χ1v) is 5.30. The van der Waals surface area contributed by atoms with Gasteiger partial charge in [0.2, 0.25) is 0 Å². The average Bonchev–Trinajstić information content (AvgIpc) is 2.14. The van der Waals surface area contributed by atoms with Gasteiger partial charge in [-0.15, -0.1) is 0 Å². The number of hydrogen-bond acceptors (Lipinski definition) is 5. The first-order valence-electron chi connectivity index (χ1n) is 5.30. The molecule has 0 unspecified atom stereocenters. The molecule has 0 aliphatic carbocycles. The second kappa shape index (κ2) is 5.30. The van der Waals surface area contributed by atoms with E-state index in [0.29, 0.717) is 0 Å². The van der Waals surface area contributed by atoms with Crippen LogP contribution in [0.3, 0.4) is 0 Å². The van der Waals surface area contributed by atoms with Gasteiger partial charge in [0.25, 0.3) is 5.60 Å². The third kappa shape index (κ3) is 3.81. The van der Waals surface area contributed by atoms with Crippen molar-refractivity contribution in [2.75, 3.05) is 6.61 Å². The maximum absolute atomic E-state index is 11.7. The monoisotopic (exact) mass is 232 g/mol. The van der Waals surface area contributed by atoms with Gasteiger partial charge in [0.05, 0.1) is 6.61 Å². The van der Waals surface area contributed by atoms with Crippen molar-refractivity contribution < 1.29 is 24.2 Å². The molecule has 0 fully saturated rings. The molecule has 0 spiro atoms. The van der Waals surface area contributed by atoms with E-state index in [-0.39, 0.29) is 13.0 Å². The quantitative estimate of drug-likeness (QED) is 0.579. The third-order valence-corrected chi connectivity index (χ3v) is 1.86. The predicted molar refractivity (Wildman–Crippen MR) is 57.7 cm³/mol. The highest BCUT2D eigenvalue weighted by molar-refractivity contribution is 6.03. The Morgan fingerprint density at radius 1 is 1.12 bits per heavy atom. The Morgan fingerprint density at radius 3 is 1.94 bits per heavy atom. The van der Waals surface area contributed by atoms with Crippen LogP contribution >= 0.6 is 0 Å². The summed E-state index contributed by atoms with van der Waals surface area (Å²) >= 11 is 0. The zero-order valence-electron chi connectivity index (χ0n) is 10.5. The molecule has 1 N–H and O–H groups in total. The van der Waals surface area contributed by atoms with Crippen LogP contribution in [0.1, 0.15) is 41.0 Å². The fraction of sp³-hybridized carbons (Fsp3) is 0.818. The van der Waals surface area contributed by atoms with Gasteiger partial charge in [-0.1, -0.05) is 6.92 Å². The molecule has 0 saturated carbocycles. The molecular formula is C11H20O5. The fourth-order valence-electron chi connectivity index (χ4n) is 0.985. The summed E-state index contributed by atoms with van der Waals surface area (Å²) in [6.45, 7) is 8.19. The zero-order valence-corrected chi connectivity index (χ0v) is 10.5. The topological polar surface area (TPSA) is 72.8 Å². The molecule has 1 atom stereocenters. The van der Waals surface area contributed by atoms with Crippen LogP contribution < -0.4 is 0 Å². The molecule has 5 heteroatoms. The van der Waals surface area contributed by atoms with E-state index in [1.807, 2.05) is 0 Å². The number of carbonyl (C=O) groups excluding carboxylic acids is 2. The van der Waals surface area contributed by atoms with Crippen molar-refractivity contribution >= 4 is 11.9 Å². The Hall–Kier alpha value is -1.10. The van der Waals surface area contributed by atoms with Crippen molar-refractivity contribution in [3.8, 4) is 0 Å². The summed E-state index contributed by atoms with van der Waals surface area (Å²) < 4.78 is 9.62. The lowest BCUT2D eigenvalue weighted by atomic mass is 10.0. The second-order valence-electron chi connectivity index (χ2n) is 4.44. The summed E-state index contributed by atoms with van der Waals surface area (Å²) in [7, 11) is 0. The first kappa shape index (κ1) is 14.9. The van der Waals surface area contributed by atoms with E-state index < -0.39 is 23.1 Å². The largest absolute Gasteiger partial charge is 0.463 e. The molecular weight excluding hydrogens is 212 g/mol. The van der Waals surface area contributed by atoms with Crippen LogP contribution in [0.2, 0.25) is 0 Å². The molecule has 16 heavy (non-hydrogen) atoms. The van der Waals surface area contributed by atoms with E-state index >= 15 is 0 Å². The molecule has 0 saturated heterocycles. The molecule has 0 bridgehead atoms. The van der Waals surface area contributed by atoms with Gasteiger partial charge >= 0.3 is 11.9 Å². The second-order valence-corrected chi connectivity index (χ2v) is 4.44. The molecule has 0 radical (unpaired) electrons. The molecule has 94 valence electrons. The van der Waals surface area contributed by atoms with Gasteiger partial charge in [0.15, 0.2) is 0 Å². The fourth-order valence-corrected chi connectivity index (χ4v) is 0.985. The van der Waals surface area contributed by atoms with Gasteiger partial charge in [-0.25, -0.2) is 9.59 Å². The van der Waals surface area contributed by atoms with Crippen molar-refractivity contribution in [1.82, 2.24) is 0 Å². The van der Waals surface area contributed by atoms with E-state index in [4.69, 9.17) is 4.74 Å². The van der Waals surface area contributed by atoms with E-state index in [9.17, 15) is 14.7 Å². The molecule has 0 rings (SSSR count). The van der Waals surface area contributed by atoms with Gasteiger partial charge in [-0.2, -0.15) is 0 Å². The molecule has 0 aromatic rings. The first-order chi connectivity index (χ1) is 7.17. The van der Waals surface area contributed by atoms with Crippen molar-refractivity contribution in [3.63, 3.8) is 0 Å². The SMILES string of the molecule is CCOC(=O)[C@@](O)(CC)C(=O)OC(C)(C)C. The van der Waals surface area contributed by atoms with E-state index in [2.05, 4.69) is 4.74 Å². The normalized spacial score (nSPS) is 15.1. The van der Waals surface area contributed by atoms with Gasteiger partial charge in [-0.05, 0) is 34.1 Å². The van der Waals surface area contributed by atoms with Crippen LogP contribution in [-0.4, -0.2) is 34.9 Å². The third-order valence-electron chi connectivity index (χ3n) is 1.86.